The average molecular weight is 388 g/mol. The summed E-state index contributed by atoms with van der Waals surface area (Å²) >= 11 is 0. The van der Waals surface area contributed by atoms with E-state index in [-0.39, 0.29) is 11.8 Å². The molecule has 1 N–H and O–H groups in total. The molecule has 2 amide bonds. The van der Waals surface area contributed by atoms with Gasteiger partial charge in [0.25, 0.3) is 11.8 Å². The number of nitrogens with zero attached hydrogens (tertiary/aromatic N) is 1. The predicted octanol–water partition coefficient (Wildman–Crippen LogP) is 4.98. The van der Waals surface area contributed by atoms with Crippen molar-refractivity contribution in [2.75, 3.05) is 16.8 Å². The number of hydrogen-bond acceptors (Lipinski definition) is 2. The van der Waals surface area contributed by atoms with Crippen molar-refractivity contribution in [1.29, 1.82) is 0 Å². The maximum Gasteiger partial charge on any atom is 0.258 e. The second-order valence-electron chi connectivity index (χ2n) is 7.23. The molecule has 0 aliphatic carbocycles. The van der Waals surface area contributed by atoms with Gasteiger partial charge in [-0.15, -0.1) is 0 Å². The molecule has 3 aromatic carbocycles. The molecule has 4 nitrogen and oxygen atoms in total. The SMILES string of the molecule is Cc1ccc(C(=O)N2CCCc3cc(C(=O)Nc4cccc(F)c4)ccc32)cc1. The molecule has 0 fully saturated rings. The van der Waals surface area contributed by atoms with Gasteiger partial charge in [0.05, 0.1) is 0 Å². The van der Waals surface area contributed by atoms with Crippen LogP contribution in [0.1, 0.15) is 38.3 Å². The van der Waals surface area contributed by atoms with Crippen molar-refractivity contribution < 1.29 is 14.0 Å². The number of nitrogens with one attached hydrogen (secondary N) is 1. The third-order valence-electron chi connectivity index (χ3n) is 5.09. The number of benzene rings is 3. The van der Waals surface area contributed by atoms with Gasteiger partial charge >= 0.3 is 0 Å². The van der Waals surface area contributed by atoms with E-state index >= 15 is 0 Å². The number of aryl methyl sites for hydroxylation is 2. The van der Waals surface area contributed by atoms with Crippen molar-refractivity contribution in [3.05, 3.63) is 94.8 Å². The Balaban J connectivity index is 1.57. The molecule has 4 rings (SSSR count). The number of carbonyl (C=O) groups excluding carboxylic acids is 2. The number of halogens is 1. The Morgan fingerprint density at radius 2 is 1.72 bits per heavy atom. The third-order valence-corrected chi connectivity index (χ3v) is 5.09. The summed E-state index contributed by atoms with van der Waals surface area (Å²) in [4.78, 5) is 27.3. The zero-order valence-electron chi connectivity index (χ0n) is 16.1. The highest BCUT2D eigenvalue weighted by atomic mass is 19.1. The van der Waals surface area contributed by atoms with Crippen LogP contribution in [-0.4, -0.2) is 18.4 Å². The smallest absolute Gasteiger partial charge is 0.258 e. The Morgan fingerprint density at radius 1 is 0.966 bits per heavy atom. The van der Waals surface area contributed by atoms with Gasteiger partial charge in [0.1, 0.15) is 5.82 Å². The lowest BCUT2D eigenvalue weighted by atomic mass is 9.98. The van der Waals surface area contributed by atoms with Crippen LogP contribution in [-0.2, 0) is 6.42 Å². The van der Waals surface area contributed by atoms with Crippen LogP contribution < -0.4 is 10.2 Å². The van der Waals surface area contributed by atoms with E-state index in [0.29, 0.717) is 23.4 Å². The topological polar surface area (TPSA) is 49.4 Å². The van der Waals surface area contributed by atoms with E-state index in [1.807, 2.05) is 43.3 Å². The Hall–Kier alpha value is -3.47. The van der Waals surface area contributed by atoms with Crippen molar-refractivity contribution in [2.24, 2.45) is 0 Å². The lowest BCUT2D eigenvalue weighted by Gasteiger charge is -2.30. The van der Waals surface area contributed by atoms with E-state index < -0.39 is 5.82 Å². The number of anilines is 2. The highest BCUT2D eigenvalue weighted by molar-refractivity contribution is 6.08. The van der Waals surface area contributed by atoms with Crippen LogP contribution in [0, 0.1) is 12.7 Å². The van der Waals surface area contributed by atoms with Gasteiger partial charge in [-0.1, -0.05) is 23.8 Å². The molecule has 5 heteroatoms. The molecule has 0 spiro atoms. The first-order valence-electron chi connectivity index (χ1n) is 9.59. The first-order chi connectivity index (χ1) is 14.0. The highest BCUT2D eigenvalue weighted by Gasteiger charge is 2.24. The fourth-order valence-electron chi connectivity index (χ4n) is 3.57. The lowest BCUT2D eigenvalue weighted by molar-refractivity contribution is 0.0984. The second-order valence-corrected chi connectivity index (χ2v) is 7.23. The van der Waals surface area contributed by atoms with Crippen molar-refractivity contribution in [3.8, 4) is 0 Å². The molecule has 0 radical (unpaired) electrons. The molecule has 29 heavy (non-hydrogen) atoms. The minimum atomic E-state index is -0.404. The molecule has 0 bridgehead atoms. The minimum absolute atomic E-state index is 0.0390. The van der Waals surface area contributed by atoms with E-state index in [4.69, 9.17) is 0 Å². The fourth-order valence-corrected chi connectivity index (χ4v) is 3.57. The van der Waals surface area contributed by atoms with Gasteiger partial charge < -0.3 is 10.2 Å². The molecule has 0 saturated heterocycles. The van der Waals surface area contributed by atoms with Crippen LogP contribution in [0.3, 0.4) is 0 Å². The summed E-state index contributed by atoms with van der Waals surface area (Å²) in [6, 6.07) is 18.7. The Bertz CT molecular complexity index is 1080. The van der Waals surface area contributed by atoms with Crippen molar-refractivity contribution in [3.63, 3.8) is 0 Å². The molecule has 146 valence electrons. The average Bonchev–Trinajstić information content (AvgIpc) is 2.73. The van der Waals surface area contributed by atoms with E-state index in [1.165, 1.54) is 12.1 Å². The van der Waals surface area contributed by atoms with Gasteiger partial charge in [-0.05, 0) is 73.9 Å². The van der Waals surface area contributed by atoms with Crippen LogP contribution in [0.25, 0.3) is 0 Å². The van der Waals surface area contributed by atoms with E-state index in [0.717, 1.165) is 29.7 Å². The Labute approximate surface area is 169 Å². The normalized spacial score (nSPS) is 13.0. The van der Waals surface area contributed by atoms with Gasteiger partial charge in [-0.2, -0.15) is 0 Å². The van der Waals surface area contributed by atoms with Crippen LogP contribution >= 0.6 is 0 Å². The van der Waals surface area contributed by atoms with Crippen molar-refractivity contribution >= 4 is 23.2 Å². The van der Waals surface area contributed by atoms with Crippen LogP contribution in [0.2, 0.25) is 0 Å². The van der Waals surface area contributed by atoms with Crippen LogP contribution in [0.15, 0.2) is 66.7 Å². The van der Waals surface area contributed by atoms with E-state index in [2.05, 4.69) is 5.32 Å². The maximum atomic E-state index is 13.3. The molecule has 1 heterocycles. The molecular formula is C24H21FN2O2. The maximum absolute atomic E-state index is 13.3. The van der Waals surface area contributed by atoms with Crippen molar-refractivity contribution in [2.45, 2.75) is 19.8 Å². The van der Waals surface area contributed by atoms with Gasteiger partial charge in [0.15, 0.2) is 0 Å². The van der Waals surface area contributed by atoms with Crippen LogP contribution in [0.4, 0.5) is 15.8 Å². The molecule has 1 aliphatic rings. The summed E-state index contributed by atoms with van der Waals surface area (Å²) in [7, 11) is 0. The van der Waals surface area contributed by atoms with Gasteiger partial charge in [0, 0.05) is 29.0 Å². The zero-order valence-corrected chi connectivity index (χ0v) is 16.1. The number of amides is 2. The van der Waals surface area contributed by atoms with Gasteiger partial charge in [-0.25, -0.2) is 4.39 Å². The summed E-state index contributed by atoms with van der Waals surface area (Å²) in [5, 5.41) is 2.71. The zero-order chi connectivity index (χ0) is 20.4. The molecule has 0 atom stereocenters. The number of hydrogen-bond donors (Lipinski definition) is 1. The van der Waals surface area contributed by atoms with Crippen LogP contribution in [0.5, 0.6) is 0 Å². The van der Waals surface area contributed by atoms with E-state index in [9.17, 15) is 14.0 Å². The largest absolute Gasteiger partial charge is 0.322 e. The number of fused-ring (bicyclic) bond motifs is 1. The monoisotopic (exact) mass is 388 g/mol. The summed E-state index contributed by atoms with van der Waals surface area (Å²) in [6.07, 6.45) is 1.63. The molecule has 0 aromatic heterocycles. The third kappa shape index (κ3) is 4.04. The molecule has 0 saturated carbocycles. The summed E-state index contributed by atoms with van der Waals surface area (Å²) in [5.74, 6) is -0.748. The molecule has 0 unspecified atom stereocenters. The minimum Gasteiger partial charge on any atom is -0.322 e. The standard InChI is InChI=1S/C24H21FN2O2/c1-16-7-9-17(10-8-16)24(29)27-13-3-4-18-14-19(11-12-22(18)27)23(28)26-21-6-2-5-20(25)15-21/h2,5-12,14-15H,3-4,13H2,1H3,(H,26,28). The van der Waals surface area contributed by atoms with E-state index in [1.54, 1.807) is 23.1 Å². The Kier molecular flexibility index (Phi) is 5.12. The van der Waals surface area contributed by atoms with Crippen molar-refractivity contribution in [1.82, 2.24) is 0 Å². The first-order valence-corrected chi connectivity index (χ1v) is 9.59. The summed E-state index contributed by atoms with van der Waals surface area (Å²) in [6.45, 7) is 2.63. The molecular weight excluding hydrogens is 367 g/mol. The molecule has 3 aromatic rings. The Morgan fingerprint density at radius 3 is 2.48 bits per heavy atom. The number of carbonyl (C=O) groups is 2. The summed E-state index contributed by atoms with van der Waals surface area (Å²) < 4.78 is 13.3. The van der Waals surface area contributed by atoms with Gasteiger partial charge in [-0.3, -0.25) is 9.59 Å². The molecule has 1 aliphatic heterocycles. The first kappa shape index (κ1) is 18.9. The second kappa shape index (κ2) is 7.87. The highest BCUT2D eigenvalue weighted by Crippen LogP contribution is 2.30. The summed E-state index contributed by atoms with van der Waals surface area (Å²) in [5.41, 5.74) is 4.44. The number of rotatable bonds is 3. The fraction of sp³-hybridized carbons (Fsp3) is 0.167. The quantitative estimate of drug-likeness (QED) is 0.688. The van der Waals surface area contributed by atoms with Gasteiger partial charge in [0.2, 0.25) is 0 Å². The predicted molar refractivity (Wildman–Crippen MR) is 112 cm³/mol. The lowest BCUT2D eigenvalue weighted by Crippen LogP contribution is -2.35.